The molecule has 0 atom stereocenters. The third-order valence-corrected chi connectivity index (χ3v) is 3.90. The number of halogens is 1. The smallest absolute Gasteiger partial charge is 0.245 e. The lowest BCUT2D eigenvalue weighted by molar-refractivity contribution is -0.124. The van der Waals surface area contributed by atoms with Gasteiger partial charge < -0.3 is 0 Å². The first-order chi connectivity index (χ1) is 6.69. The van der Waals surface area contributed by atoms with Gasteiger partial charge in [0.05, 0.1) is 9.75 Å². The van der Waals surface area contributed by atoms with Crippen LogP contribution in [0.3, 0.4) is 0 Å². The Morgan fingerprint density at radius 1 is 1.57 bits per heavy atom. The summed E-state index contributed by atoms with van der Waals surface area (Å²) >= 11 is 7.34. The first-order valence-corrected chi connectivity index (χ1v) is 5.61. The van der Waals surface area contributed by atoms with Crippen molar-refractivity contribution in [3.05, 3.63) is 21.3 Å². The van der Waals surface area contributed by atoms with E-state index in [0.29, 0.717) is 0 Å². The van der Waals surface area contributed by atoms with Crippen molar-refractivity contribution in [2.75, 3.05) is 7.05 Å². The molecule has 2 rings (SSSR count). The van der Waals surface area contributed by atoms with Crippen molar-refractivity contribution in [1.82, 2.24) is 10.9 Å². The third-order valence-electron chi connectivity index (χ3n) is 2.47. The fraction of sp³-hybridized carbons (Fsp3) is 0.444. The van der Waals surface area contributed by atoms with E-state index in [9.17, 15) is 4.79 Å². The van der Waals surface area contributed by atoms with Crippen LogP contribution >= 0.6 is 22.9 Å². The van der Waals surface area contributed by atoms with Crippen molar-refractivity contribution in [3.8, 4) is 0 Å². The van der Waals surface area contributed by atoms with Gasteiger partial charge in [-0.25, -0.2) is 5.43 Å². The molecule has 1 saturated carbocycles. The van der Waals surface area contributed by atoms with Crippen molar-refractivity contribution in [2.24, 2.45) is 0 Å². The van der Waals surface area contributed by atoms with Crippen molar-refractivity contribution in [3.63, 3.8) is 0 Å². The Hall–Kier alpha value is -0.580. The predicted molar refractivity (Wildman–Crippen MR) is 57.4 cm³/mol. The molecule has 76 valence electrons. The van der Waals surface area contributed by atoms with Crippen LogP contribution in [0, 0.1) is 0 Å². The van der Waals surface area contributed by atoms with Crippen LogP contribution in [0.25, 0.3) is 0 Å². The number of hydrogen-bond acceptors (Lipinski definition) is 3. The van der Waals surface area contributed by atoms with E-state index in [1.807, 2.05) is 12.1 Å². The van der Waals surface area contributed by atoms with Crippen LogP contribution in [-0.2, 0) is 10.2 Å². The maximum Gasteiger partial charge on any atom is 0.245 e. The van der Waals surface area contributed by atoms with Gasteiger partial charge in [0.2, 0.25) is 5.91 Å². The highest BCUT2D eigenvalue weighted by molar-refractivity contribution is 7.16. The number of thiophene rings is 1. The lowest BCUT2D eigenvalue weighted by Gasteiger charge is -2.12. The van der Waals surface area contributed by atoms with Gasteiger partial charge in [0.15, 0.2) is 0 Å². The Kier molecular flexibility index (Phi) is 2.51. The lowest BCUT2D eigenvalue weighted by Crippen LogP contribution is -2.41. The zero-order valence-electron chi connectivity index (χ0n) is 7.76. The Bertz CT molecular complexity index is 359. The molecule has 0 aromatic carbocycles. The standard InChI is InChI=1S/C9H11ClN2OS/c1-11-12-8(13)9(4-5-9)6-2-3-7(10)14-6/h2-3,11H,4-5H2,1H3,(H,12,13). The molecular formula is C9H11ClN2OS. The maximum absolute atomic E-state index is 11.7. The summed E-state index contributed by atoms with van der Waals surface area (Å²) in [6, 6.07) is 3.78. The molecular weight excluding hydrogens is 220 g/mol. The molecule has 3 nitrogen and oxygen atoms in total. The molecule has 5 heteroatoms. The second-order valence-corrected chi connectivity index (χ2v) is 5.11. The van der Waals surface area contributed by atoms with E-state index in [1.54, 1.807) is 7.05 Å². The molecule has 1 amide bonds. The summed E-state index contributed by atoms with van der Waals surface area (Å²) in [6.07, 6.45) is 1.83. The molecule has 1 aliphatic carbocycles. The zero-order chi connectivity index (χ0) is 10.2. The molecule has 1 aromatic rings. The number of hydrazine groups is 1. The number of carbonyl (C=O) groups is 1. The van der Waals surface area contributed by atoms with Crippen LogP contribution in [0.5, 0.6) is 0 Å². The Morgan fingerprint density at radius 2 is 2.29 bits per heavy atom. The van der Waals surface area contributed by atoms with Gasteiger partial charge in [0.1, 0.15) is 0 Å². The Balaban J connectivity index is 2.21. The van der Waals surface area contributed by atoms with Gasteiger partial charge >= 0.3 is 0 Å². The highest BCUT2D eigenvalue weighted by Gasteiger charge is 2.52. The largest absolute Gasteiger partial charge is 0.291 e. The fourth-order valence-corrected chi connectivity index (χ4v) is 2.80. The molecule has 0 aliphatic heterocycles. The second-order valence-electron chi connectivity index (χ2n) is 3.39. The molecule has 2 N–H and O–H groups in total. The summed E-state index contributed by atoms with van der Waals surface area (Å²) < 4.78 is 0.739. The third kappa shape index (κ3) is 1.54. The monoisotopic (exact) mass is 230 g/mol. The van der Waals surface area contributed by atoms with E-state index < -0.39 is 0 Å². The van der Waals surface area contributed by atoms with Crippen LogP contribution in [0.4, 0.5) is 0 Å². The minimum absolute atomic E-state index is 0.0403. The topological polar surface area (TPSA) is 41.1 Å². The van der Waals surface area contributed by atoms with Gasteiger partial charge in [-0.2, -0.15) is 0 Å². The van der Waals surface area contributed by atoms with Crippen molar-refractivity contribution in [1.29, 1.82) is 0 Å². The lowest BCUT2D eigenvalue weighted by atomic mass is 10.1. The van der Waals surface area contributed by atoms with E-state index >= 15 is 0 Å². The minimum atomic E-state index is -0.305. The van der Waals surface area contributed by atoms with Crippen molar-refractivity contribution < 1.29 is 4.79 Å². The summed E-state index contributed by atoms with van der Waals surface area (Å²) in [6.45, 7) is 0. The van der Waals surface area contributed by atoms with Crippen LogP contribution in [-0.4, -0.2) is 13.0 Å². The van der Waals surface area contributed by atoms with E-state index in [-0.39, 0.29) is 11.3 Å². The molecule has 14 heavy (non-hydrogen) atoms. The predicted octanol–water partition coefficient (Wildman–Crippen LogP) is 1.68. The normalized spacial score (nSPS) is 17.9. The second kappa shape index (κ2) is 3.53. The molecule has 1 fully saturated rings. The zero-order valence-corrected chi connectivity index (χ0v) is 9.34. The highest BCUT2D eigenvalue weighted by Crippen LogP contribution is 2.51. The summed E-state index contributed by atoms with van der Waals surface area (Å²) in [5.41, 5.74) is 4.99. The number of hydrogen-bond donors (Lipinski definition) is 2. The van der Waals surface area contributed by atoms with Gasteiger partial charge in [-0.15, -0.1) is 11.3 Å². The van der Waals surface area contributed by atoms with Gasteiger partial charge in [0.25, 0.3) is 0 Å². The minimum Gasteiger partial charge on any atom is -0.291 e. The first-order valence-electron chi connectivity index (χ1n) is 4.42. The number of carbonyl (C=O) groups excluding carboxylic acids is 1. The van der Waals surface area contributed by atoms with Crippen molar-refractivity contribution in [2.45, 2.75) is 18.3 Å². The van der Waals surface area contributed by atoms with Crippen LogP contribution < -0.4 is 10.9 Å². The van der Waals surface area contributed by atoms with E-state index in [2.05, 4.69) is 10.9 Å². The van der Waals surface area contributed by atoms with Crippen molar-refractivity contribution >= 4 is 28.8 Å². The molecule has 1 aliphatic rings. The van der Waals surface area contributed by atoms with E-state index in [4.69, 9.17) is 11.6 Å². The van der Waals surface area contributed by atoms with E-state index in [0.717, 1.165) is 22.1 Å². The molecule has 0 unspecified atom stereocenters. The fourth-order valence-electron chi connectivity index (χ4n) is 1.52. The van der Waals surface area contributed by atoms with Crippen LogP contribution in [0.15, 0.2) is 12.1 Å². The van der Waals surface area contributed by atoms with E-state index in [1.165, 1.54) is 11.3 Å². The van der Waals surface area contributed by atoms with Gasteiger partial charge in [-0.05, 0) is 25.0 Å². The summed E-state index contributed by atoms with van der Waals surface area (Å²) in [5.74, 6) is 0.0403. The number of nitrogens with one attached hydrogen (secondary N) is 2. The van der Waals surface area contributed by atoms with Crippen LogP contribution in [0.1, 0.15) is 17.7 Å². The quantitative estimate of drug-likeness (QED) is 0.776. The van der Waals surface area contributed by atoms with Gasteiger partial charge in [0, 0.05) is 11.9 Å². The summed E-state index contributed by atoms with van der Waals surface area (Å²) in [4.78, 5) is 12.8. The SMILES string of the molecule is CNNC(=O)C1(c2ccc(Cl)s2)CC1. The molecule has 1 heterocycles. The molecule has 0 saturated heterocycles. The molecule has 0 bridgehead atoms. The summed E-state index contributed by atoms with van der Waals surface area (Å²) in [5, 5.41) is 0. The average molecular weight is 231 g/mol. The van der Waals surface area contributed by atoms with Crippen LogP contribution in [0.2, 0.25) is 4.34 Å². The number of rotatable bonds is 3. The first kappa shape index (κ1) is 9.96. The van der Waals surface area contributed by atoms with Gasteiger partial charge in [-0.1, -0.05) is 11.6 Å². The highest BCUT2D eigenvalue weighted by atomic mass is 35.5. The molecule has 0 spiro atoms. The summed E-state index contributed by atoms with van der Waals surface area (Å²) in [7, 11) is 1.69. The average Bonchev–Trinajstić information content (AvgIpc) is 2.85. The Morgan fingerprint density at radius 3 is 2.71 bits per heavy atom. The number of amides is 1. The van der Waals surface area contributed by atoms with Gasteiger partial charge in [-0.3, -0.25) is 10.2 Å². The molecule has 0 radical (unpaired) electrons. The maximum atomic E-state index is 11.7. The molecule has 1 aromatic heterocycles. The Labute approximate surface area is 91.4 Å².